The highest BCUT2D eigenvalue weighted by molar-refractivity contribution is 7.85. The molecule has 0 spiro atoms. The van der Waals surface area contributed by atoms with E-state index in [1.807, 2.05) is 31.2 Å². The summed E-state index contributed by atoms with van der Waals surface area (Å²) in [6, 6.07) is 8.36. The molecule has 2 rings (SSSR count). The highest BCUT2D eigenvalue weighted by atomic mass is 32.2. The first-order valence-corrected chi connectivity index (χ1v) is 7.11. The molecular formula is C13H19NOS. The van der Waals surface area contributed by atoms with Gasteiger partial charge in [0.1, 0.15) is 0 Å². The van der Waals surface area contributed by atoms with Gasteiger partial charge in [-0.2, -0.15) is 0 Å². The van der Waals surface area contributed by atoms with E-state index in [0.29, 0.717) is 11.3 Å². The van der Waals surface area contributed by atoms with Crippen LogP contribution in [0.1, 0.15) is 31.2 Å². The Hall–Kier alpha value is -0.670. The minimum absolute atomic E-state index is 0.308. The molecule has 16 heavy (non-hydrogen) atoms. The van der Waals surface area contributed by atoms with Crippen molar-refractivity contribution in [1.82, 2.24) is 0 Å². The summed E-state index contributed by atoms with van der Waals surface area (Å²) in [7, 11) is -0.849. The number of benzene rings is 1. The second kappa shape index (κ2) is 5.11. The Bertz CT molecular complexity index is 366. The van der Waals surface area contributed by atoms with Crippen molar-refractivity contribution in [3.8, 4) is 0 Å². The summed E-state index contributed by atoms with van der Waals surface area (Å²) >= 11 is 0. The van der Waals surface area contributed by atoms with E-state index in [0.717, 1.165) is 30.6 Å². The molecule has 1 unspecified atom stereocenters. The van der Waals surface area contributed by atoms with E-state index in [2.05, 4.69) is 0 Å². The zero-order valence-corrected chi connectivity index (χ0v) is 10.5. The molecule has 1 aromatic carbocycles. The first-order valence-electron chi connectivity index (χ1n) is 5.89. The summed E-state index contributed by atoms with van der Waals surface area (Å²) in [6.07, 6.45) is 4.04. The second-order valence-electron chi connectivity index (χ2n) is 4.65. The van der Waals surface area contributed by atoms with Crippen molar-refractivity contribution in [2.45, 2.75) is 48.8 Å². The minimum atomic E-state index is -0.849. The first kappa shape index (κ1) is 11.8. The molecule has 0 amide bonds. The minimum Gasteiger partial charge on any atom is -0.328 e. The van der Waals surface area contributed by atoms with E-state index in [1.54, 1.807) is 0 Å². The summed E-state index contributed by atoms with van der Waals surface area (Å²) in [5.41, 5.74) is 7.07. The van der Waals surface area contributed by atoms with Gasteiger partial charge in [-0.3, -0.25) is 4.21 Å². The van der Waals surface area contributed by atoms with Gasteiger partial charge in [-0.25, -0.2) is 0 Å². The molecule has 2 N–H and O–H groups in total. The van der Waals surface area contributed by atoms with Crippen molar-refractivity contribution in [1.29, 1.82) is 0 Å². The van der Waals surface area contributed by atoms with Gasteiger partial charge in [0.25, 0.3) is 0 Å². The maximum Gasteiger partial charge on any atom is 0.0560 e. The molecule has 1 aromatic rings. The summed E-state index contributed by atoms with van der Waals surface area (Å²) in [5.74, 6) is 0. The van der Waals surface area contributed by atoms with Crippen LogP contribution >= 0.6 is 0 Å². The van der Waals surface area contributed by atoms with Crippen molar-refractivity contribution in [2.75, 3.05) is 0 Å². The summed E-state index contributed by atoms with van der Waals surface area (Å²) in [5, 5.41) is 0.308. The van der Waals surface area contributed by atoms with Crippen molar-refractivity contribution in [3.63, 3.8) is 0 Å². The number of hydrogen-bond donors (Lipinski definition) is 1. The van der Waals surface area contributed by atoms with Gasteiger partial charge < -0.3 is 5.73 Å². The number of hydrogen-bond acceptors (Lipinski definition) is 2. The largest absolute Gasteiger partial charge is 0.328 e. The fraction of sp³-hybridized carbons (Fsp3) is 0.538. The Balaban J connectivity index is 2.05. The quantitative estimate of drug-likeness (QED) is 0.858. The SMILES string of the molecule is Cc1ccc(S(=O)C2CCC(N)CC2)cc1. The maximum atomic E-state index is 12.3. The number of nitrogens with two attached hydrogens (primary N) is 1. The highest BCUT2D eigenvalue weighted by Gasteiger charge is 2.24. The average molecular weight is 237 g/mol. The Kier molecular flexibility index (Phi) is 3.77. The van der Waals surface area contributed by atoms with Crippen molar-refractivity contribution in [2.24, 2.45) is 5.73 Å². The Morgan fingerprint density at radius 3 is 2.25 bits per heavy atom. The van der Waals surface area contributed by atoms with Gasteiger partial charge in [-0.1, -0.05) is 17.7 Å². The van der Waals surface area contributed by atoms with Gasteiger partial charge in [0, 0.05) is 16.2 Å². The molecule has 88 valence electrons. The molecule has 0 aromatic heterocycles. The molecule has 1 atom stereocenters. The molecule has 0 aliphatic heterocycles. The van der Waals surface area contributed by atoms with Crippen molar-refractivity contribution in [3.05, 3.63) is 29.8 Å². The third-order valence-electron chi connectivity index (χ3n) is 3.27. The topological polar surface area (TPSA) is 43.1 Å². The lowest BCUT2D eigenvalue weighted by Gasteiger charge is -2.25. The molecule has 1 fully saturated rings. The molecule has 0 bridgehead atoms. The fourth-order valence-corrected chi connectivity index (χ4v) is 3.66. The summed E-state index contributed by atoms with van der Waals surface area (Å²) < 4.78 is 12.3. The second-order valence-corrected chi connectivity index (χ2v) is 6.38. The molecule has 0 radical (unpaired) electrons. The van der Waals surface area contributed by atoms with E-state index in [-0.39, 0.29) is 0 Å². The Labute approximate surface area is 99.7 Å². The van der Waals surface area contributed by atoms with Gasteiger partial charge in [-0.15, -0.1) is 0 Å². The molecule has 1 aliphatic rings. The smallest absolute Gasteiger partial charge is 0.0560 e. The lowest BCUT2D eigenvalue weighted by molar-refractivity contribution is 0.444. The molecule has 0 saturated heterocycles. The standard InChI is InChI=1S/C13H19NOS/c1-10-2-6-12(7-3-10)16(15)13-8-4-11(14)5-9-13/h2-3,6-7,11,13H,4-5,8-9,14H2,1H3. The van der Waals surface area contributed by atoms with Crippen LogP contribution in [0.4, 0.5) is 0 Å². The van der Waals surface area contributed by atoms with Crippen LogP contribution in [0.3, 0.4) is 0 Å². The summed E-state index contributed by atoms with van der Waals surface area (Å²) in [4.78, 5) is 0.964. The lowest BCUT2D eigenvalue weighted by atomic mass is 9.96. The molecule has 2 nitrogen and oxygen atoms in total. The van der Waals surface area contributed by atoms with Gasteiger partial charge in [0.15, 0.2) is 0 Å². The van der Waals surface area contributed by atoms with Crippen molar-refractivity contribution >= 4 is 10.8 Å². The molecule has 3 heteroatoms. The maximum absolute atomic E-state index is 12.3. The van der Waals surface area contributed by atoms with Crippen LogP contribution in [-0.2, 0) is 10.8 Å². The first-order chi connectivity index (χ1) is 7.66. The van der Waals surface area contributed by atoms with Gasteiger partial charge >= 0.3 is 0 Å². The molecule has 0 heterocycles. The zero-order chi connectivity index (χ0) is 11.5. The number of rotatable bonds is 2. The molecule has 1 aliphatic carbocycles. The molecule has 1 saturated carbocycles. The van der Waals surface area contributed by atoms with Crippen LogP contribution in [0.2, 0.25) is 0 Å². The third-order valence-corrected chi connectivity index (χ3v) is 5.09. The van der Waals surface area contributed by atoms with E-state index < -0.39 is 10.8 Å². The van der Waals surface area contributed by atoms with Gasteiger partial charge in [-0.05, 0) is 44.7 Å². The Morgan fingerprint density at radius 2 is 1.69 bits per heavy atom. The lowest BCUT2D eigenvalue weighted by Crippen LogP contribution is -2.31. The number of aryl methyl sites for hydroxylation is 1. The van der Waals surface area contributed by atoms with Gasteiger partial charge in [0.2, 0.25) is 0 Å². The van der Waals surface area contributed by atoms with Gasteiger partial charge in [0.05, 0.1) is 10.8 Å². The van der Waals surface area contributed by atoms with Crippen molar-refractivity contribution < 1.29 is 4.21 Å². The van der Waals surface area contributed by atoms with E-state index in [9.17, 15) is 4.21 Å². The van der Waals surface area contributed by atoms with Crippen LogP contribution in [0.5, 0.6) is 0 Å². The normalized spacial score (nSPS) is 27.6. The monoisotopic (exact) mass is 237 g/mol. The predicted octanol–water partition coefficient (Wildman–Crippen LogP) is 2.37. The Morgan fingerprint density at radius 1 is 1.12 bits per heavy atom. The van der Waals surface area contributed by atoms with Crippen LogP contribution in [0.25, 0.3) is 0 Å². The summed E-state index contributed by atoms with van der Waals surface area (Å²) in [6.45, 7) is 2.05. The zero-order valence-electron chi connectivity index (χ0n) is 9.69. The van der Waals surface area contributed by atoms with E-state index in [4.69, 9.17) is 5.73 Å². The van der Waals surface area contributed by atoms with Crippen LogP contribution in [0.15, 0.2) is 29.2 Å². The van der Waals surface area contributed by atoms with E-state index in [1.165, 1.54) is 5.56 Å². The van der Waals surface area contributed by atoms with Crippen LogP contribution in [-0.4, -0.2) is 15.5 Å². The predicted molar refractivity (Wildman–Crippen MR) is 67.8 cm³/mol. The van der Waals surface area contributed by atoms with Crippen LogP contribution in [0, 0.1) is 6.92 Å². The van der Waals surface area contributed by atoms with E-state index >= 15 is 0 Å². The average Bonchev–Trinajstić information content (AvgIpc) is 2.30. The highest BCUT2D eigenvalue weighted by Crippen LogP contribution is 2.25. The molecular weight excluding hydrogens is 218 g/mol. The third kappa shape index (κ3) is 2.71. The fourth-order valence-electron chi connectivity index (χ4n) is 2.17. The van der Waals surface area contributed by atoms with Crippen LogP contribution < -0.4 is 5.73 Å².